The van der Waals surface area contributed by atoms with Crippen LogP contribution in [0.3, 0.4) is 0 Å². The smallest absolute Gasteiger partial charge is 0.0726 e. The van der Waals surface area contributed by atoms with Crippen molar-refractivity contribution in [3.63, 3.8) is 0 Å². The van der Waals surface area contributed by atoms with Crippen LogP contribution in [0.5, 0.6) is 0 Å². The van der Waals surface area contributed by atoms with E-state index in [1.807, 2.05) is 6.07 Å². The Balaban J connectivity index is 1.16. The van der Waals surface area contributed by atoms with E-state index in [1.54, 1.807) is 0 Å². The SMILES string of the molecule is CC1(C)c2cc(N(c3cccc(Cl)c3)c3ccc4c(c3)C3(c5ccccc5-c5ccccc53)c3ccccc3-4)ccc2-c2c1ccc1ccccc21. The lowest BCUT2D eigenvalue weighted by molar-refractivity contribution is 0.661. The molecule has 0 saturated carbocycles. The van der Waals surface area contributed by atoms with Gasteiger partial charge < -0.3 is 4.90 Å². The average Bonchev–Trinajstić information content (AvgIpc) is 3.73. The number of halogens is 1. The molecule has 2 heteroatoms. The quantitative estimate of drug-likeness (QED) is 0.179. The summed E-state index contributed by atoms with van der Waals surface area (Å²) in [6.07, 6.45) is 0. The predicted octanol–water partition coefficient (Wildman–Crippen LogP) is 13.6. The summed E-state index contributed by atoms with van der Waals surface area (Å²) in [5.74, 6) is 0. The zero-order chi connectivity index (χ0) is 34.8. The lowest BCUT2D eigenvalue weighted by Crippen LogP contribution is -2.26. The third-order valence-electron chi connectivity index (χ3n) is 12.1. The second-order valence-electron chi connectivity index (χ2n) is 15.0. The topological polar surface area (TPSA) is 3.24 Å². The Morgan fingerprint density at radius 1 is 0.404 bits per heavy atom. The molecule has 8 aromatic carbocycles. The van der Waals surface area contributed by atoms with Crippen LogP contribution in [-0.2, 0) is 10.8 Å². The van der Waals surface area contributed by atoms with Crippen LogP contribution in [0.25, 0.3) is 44.2 Å². The Bertz CT molecular complexity index is 2740. The minimum absolute atomic E-state index is 0.161. The summed E-state index contributed by atoms with van der Waals surface area (Å²) in [6.45, 7) is 4.73. The molecule has 0 radical (unpaired) electrons. The summed E-state index contributed by atoms with van der Waals surface area (Å²) in [5.41, 5.74) is 18.6. The van der Waals surface area contributed by atoms with Crippen LogP contribution < -0.4 is 4.90 Å². The lowest BCUT2D eigenvalue weighted by Gasteiger charge is -2.32. The van der Waals surface area contributed by atoms with Gasteiger partial charge in [-0.1, -0.05) is 153 Å². The van der Waals surface area contributed by atoms with E-state index in [2.05, 4.69) is 183 Å². The Hall–Kier alpha value is -5.89. The molecule has 1 nitrogen and oxygen atoms in total. The van der Waals surface area contributed by atoms with Gasteiger partial charge in [0.25, 0.3) is 0 Å². The van der Waals surface area contributed by atoms with Crippen LogP contribution >= 0.6 is 11.6 Å². The number of hydrogen-bond donors (Lipinski definition) is 0. The maximum atomic E-state index is 6.76. The first kappa shape index (κ1) is 29.8. The molecule has 0 N–H and O–H groups in total. The molecule has 0 fully saturated rings. The highest BCUT2D eigenvalue weighted by molar-refractivity contribution is 6.30. The van der Waals surface area contributed by atoms with Gasteiger partial charge in [-0.25, -0.2) is 0 Å². The van der Waals surface area contributed by atoms with Crippen LogP contribution in [-0.4, -0.2) is 0 Å². The van der Waals surface area contributed by atoms with Crippen molar-refractivity contribution in [3.8, 4) is 33.4 Å². The van der Waals surface area contributed by atoms with Gasteiger partial charge in [0.2, 0.25) is 0 Å². The fourth-order valence-corrected chi connectivity index (χ4v) is 10.1. The van der Waals surface area contributed by atoms with Gasteiger partial charge in [0.1, 0.15) is 0 Å². The van der Waals surface area contributed by atoms with E-state index in [-0.39, 0.29) is 5.41 Å². The third-order valence-corrected chi connectivity index (χ3v) is 12.3. The normalized spacial score (nSPS) is 14.8. The first-order chi connectivity index (χ1) is 25.5. The number of anilines is 3. The van der Waals surface area contributed by atoms with Gasteiger partial charge >= 0.3 is 0 Å². The minimum atomic E-state index is -0.419. The first-order valence-corrected chi connectivity index (χ1v) is 18.5. The van der Waals surface area contributed by atoms with Crippen molar-refractivity contribution >= 4 is 39.4 Å². The second-order valence-corrected chi connectivity index (χ2v) is 15.4. The summed E-state index contributed by atoms with van der Waals surface area (Å²) < 4.78 is 0. The Morgan fingerprint density at radius 2 is 0.942 bits per heavy atom. The van der Waals surface area contributed by atoms with Gasteiger partial charge in [0, 0.05) is 27.5 Å². The number of hydrogen-bond acceptors (Lipinski definition) is 1. The van der Waals surface area contributed by atoms with Crippen molar-refractivity contribution in [2.75, 3.05) is 4.90 Å². The zero-order valence-electron chi connectivity index (χ0n) is 29.0. The monoisotopic (exact) mass is 683 g/mol. The number of fused-ring (bicyclic) bond motifs is 15. The van der Waals surface area contributed by atoms with E-state index in [0.29, 0.717) is 5.02 Å². The molecular weight excluding hydrogens is 650 g/mol. The molecule has 0 saturated heterocycles. The van der Waals surface area contributed by atoms with Gasteiger partial charge in [-0.05, 0) is 120 Å². The van der Waals surface area contributed by atoms with Crippen LogP contribution in [0.1, 0.15) is 47.2 Å². The Morgan fingerprint density at radius 3 is 1.60 bits per heavy atom. The van der Waals surface area contributed by atoms with E-state index < -0.39 is 5.41 Å². The molecule has 0 atom stereocenters. The summed E-state index contributed by atoms with van der Waals surface area (Å²) in [6, 6.07) is 62.8. The van der Waals surface area contributed by atoms with Crippen molar-refractivity contribution in [2.24, 2.45) is 0 Å². The van der Waals surface area contributed by atoms with E-state index >= 15 is 0 Å². The van der Waals surface area contributed by atoms with Crippen molar-refractivity contribution in [3.05, 3.63) is 208 Å². The molecule has 52 heavy (non-hydrogen) atoms. The highest BCUT2D eigenvalue weighted by Gasteiger charge is 2.51. The van der Waals surface area contributed by atoms with Gasteiger partial charge in [-0.3, -0.25) is 0 Å². The van der Waals surface area contributed by atoms with Crippen LogP contribution in [0.4, 0.5) is 17.1 Å². The number of rotatable bonds is 3. The molecule has 3 aliphatic carbocycles. The van der Waals surface area contributed by atoms with E-state index in [0.717, 1.165) is 17.1 Å². The highest BCUT2D eigenvalue weighted by atomic mass is 35.5. The molecule has 0 amide bonds. The van der Waals surface area contributed by atoms with Gasteiger partial charge in [-0.15, -0.1) is 0 Å². The molecule has 11 rings (SSSR count). The molecule has 0 aromatic heterocycles. The van der Waals surface area contributed by atoms with E-state index in [4.69, 9.17) is 11.6 Å². The molecule has 0 aliphatic heterocycles. The molecule has 3 aliphatic rings. The summed E-state index contributed by atoms with van der Waals surface area (Å²) in [4.78, 5) is 2.40. The molecule has 0 unspecified atom stereocenters. The summed E-state index contributed by atoms with van der Waals surface area (Å²) >= 11 is 6.76. The van der Waals surface area contributed by atoms with Crippen molar-refractivity contribution in [1.82, 2.24) is 0 Å². The van der Waals surface area contributed by atoms with Crippen LogP contribution in [0.2, 0.25) is 5.02 Å². The maximum absolute atomic E-state index is 6.76. The van der Waals surface area contributed by atoms with E-state index in [1.165, 1.54) is 77.5 Å². The summed E-state index contributed by atoms with van der Waals surface area (Å²) in [5, 5.41) is 3.30. The second kappa shape index (κ2) is 10.6. The number of nitrogens with zero attached hydrogens (tertiary/aromatic N) is 1. The largest absolute Gasteiger partial charge is 0.310 e. The molecular formula is C50H34ClN. The van der Waals surface area contributed by atoms with Crippen molar-refractivity contribution < 1.29 is 0 Å². The standard InChI is InChI=1S/C50H34ClN/c1-49(2)45-27-22-31-12-3-4-15-36(31)48(45)41-26-24-34(29-46(41)49)52(33-14-11-13-32(51)28-33)35-23-25-40-39-18-7-10-21-44(39)50(47(40)30-35)42-19-8-5-16-37(42)38-17-6-9-20-43(38)50/h3-30H,1-2H3. The molecule has 0 bridgehead atoms. The fourth-order valence-electron chi connectivity index (χ4n) is 9.92. The summed E-state index contributed by atoms with van der Waals surface area (Å²) in [7, 11) is 0. The van der Waals surface area contributed by atoms with Crippen molar-refractivity contribution in [2.45, 2.75) is 24.7 Å². The van der Waals surface area contributed by atoms with E-state index in [9.17, 15) is 0 Å². The zero-order valence-corrected chi connectivity index (χ0v) is 29.7. The molecule has 0 heterocycles. The Kier molecular flexibility index (Phi) is 6.06. The molecule has 8 aromatic rings. The van der Waals surface area contributed by atoms with Crippen LogP contribution in [0.15, 0.2) is 170 Å². The molecule has 1 spiro atoms. The fraction of sp³-hybridized carbons (Fsp3) is 0.0800. The Labute approximate surface area is 309 Å². The first-order valence-electron chi connectivity index (χ1n) is 18.1. The molecule has 246 valence electrons. The average molecular weight is 684 g/mol. The third kappa shape index (κ3) is 3.79. The van der Waals surface area contributed by atoms with Crippen LogP contribution in [0, 0.1) is 0 Å². The minimum Gasteiger partial charge on any atom is -0.310 e. The van der Waals surface area contributed by atoms with Gasteiger partial charge in [0.05, 0.1) is 5.41 Å². The highest BCUT2D eigenvalue weighted by Crippen LogP contribution is 2.63. The predicted molar refractivity (Wildman–Crippen MR) is 218 cm³/mol. The van der Waals surface area contributed by atoms with Gasteiger partial charge in [0.15, 0.2) is 0 Å². The van der Waals surface area contributed by atoms with Crippen molar-refractivity contribution in [1.29, 1.82) is 0 Å². The lowest BCUT2D eigenvalue weighted by atomic mass is 9.70. The maximum Gasteiger partial charge on any atom is 0.0726 e. The number of benzene rings is 8. The van der Waals surface area contributed by atoms with Gasteiger partial charge in [-0.2, -0.15) is 0 Å².